The third-order valence-electron chi connectivity index (χ3n) is 4.03. The number of benzene rings is 2. The highest BCUT2D eigenvalue weighted by molar-refractivity contribution is 9.10. The van der Waals surface area contributed by atoms with E-state index in [4.69, 9.17) is 0 Å². The summed E-state index contributed by atoms with van der Waals surface area (Å²) < 4.78 is 14.5. The topological polar surface area (TPSA) is 32.3 Å². The number of amides is 1. The summed E-state index contributed by atoms with van der Waals surface area (Å²) in [6, 6.07) is 12.7. The van der Waals surface area contributed by atoms with Gasteiger partial charge in [-0.3, -0.25) is 4.79 Å². The average Bonchev–Trinajstić information content (AvgIpc) is 2.57. The molecule has 0 spiro atoms. The van der Waals surface area contributed by atoms with E-state index in [1.54, 1.807) is 6.07 Å². The van der Waals surface area contributed by atoms with Crippen LogP contribution in [0.3, 0.4) is 0 Å². The molecule has 5 heteroatoms. The average molecular weight is 393 g/mol. The normalized spacial score (nSPS) is 12.2. The molecule has 2 aromatic carbocycles. The standard InChI is InChI=1S/C19H22BrFN2O/c1-4-13-5-7-14(8-6-13)18(23(2)3)12-22-19(24)16-11-15(20)9-10-17(16)21/h5-11,18H,4,12H2,1-3H3,(H,22,24). The Labute approximate surface area is 151 Å². The fourth-order valence-electron chi connectivity index (χ4n) is 2.53. The number of likely N-dealkylation sites (N-methyl/N-ethyl adjacent to an activating group) is 1. The van der Waals surface area contributed by atoms with Gasteiger partial charge in [0.1, 0.15) is 5.82 Å². The molecule has 1 unspecified atom stereocenters. The summed E-state index contributed by atoms with van der Waals surface area (Å²) in [5.74, 6) is -0.935. The molecule has 24 heavy (non-hydrogen) atoms. The Hall–Kier alpha value is -1.72. The van der Waals surface area contributed by atoms with E-state index in [2.05, 4.69) is 52.4 Å². The summed E-state index contributed by atoms with van der Waals surface area (Å²) >= 11 is 3.26. The molecule has 0 bridgehead atoms. The molecule has 128 valence electrons. The largest absolute Gasteiger partial charge is 0.350 e. The number of carbonyl (C=O) groups is 1. The SMILES string of the molecule is CCc1ccc(C(CNC(=O)c2cc(Br)ccc2F)N(C)C)cc1. The molecular weight excluding hydrogens is 371 g/mol. The first-order valence-electron chi connectivity index (χ1n) is 7.91. The van der Waals surface area contributed by atoms with Gasteiger partial charge in [0.15, 0.2) is 0 Å². The number of rotatable bonds is 6. The molecule has 0 fully saturated rings. The molecule has 0 heterocycles. The molecule has 0 aliphatic rings. The van der Waals surface area contributed by atoms with Crippen LogP contribution >= 0.6 is 15.9 Å². The zero-order chi connectivity index (χ0) is 17.7. The second-order valence-electron chi connectivity index (χ2n) is 5.91. The summed E-state index contributed by atoms with van der Waals surface area (Å²) in [5.41, 5.74) is 2.44. The first kappa shape index (κ1) is 18.6. The minimum absolute atomic E-state index is 0.0232. The van der Waals surface area contributed by atoms with E-state index in [9.17, 15) is 9.18 Å². The van der Waals surface area contributed by atoms with Gasteiger partial charge in [0.05, 0.1) is 11.6 Å². The van der Waals surface area contributed by atoms with Crippen molar-refractivity contribution in [3.8, 4) is 0 Å². The minimum atomic E-state index is -0.524. The van der Waals surface area contributed by atoms with E-state index in [1.807, 2.05) is 19.0 Å². The third-order valence-corrected chi connectivity index (χ3v) is 4.52. The maximum absolute atomic E-state index is 13.8. The summed E-state index contributed by atoms with van der Waals surface area (Å²) in [4.78, 5) is 14.3. The van der Waals surface area contributed by atoms with Gasteiger partial charge in [-0.2, -0.15) is 0 Å². The second-order valence-corrected chi connectivity index (χ2v) is 6.82. The Kier molecular flexibility index (Phi) is 6.52. The highest BCUT2D eigenvalue weighted by Crippen LogP contribution is 2.19. The van der Waals surface area contributed by atoms with E-state index in [-0.39, 0.29) is 11.6 Å². The van der Waals surface area contributed by atoms with E-state index in [1.165, 1.54) is 17.7 Å². The van der Waals surface area contributed by atoms with Crippen LogP contribution in [0, 0.1) is 5.82 Å². The quantitative estimate of drug-likeness (QED) is 0.799. The van der Waals surface area contributed by atoms with Crippen molar-refractivity contribution in [2.24, 2.45) is 0 Å². The number of hydrogen-bond donors (Lipinski definition) is 1. The third kappa shape index (κ3) is 4.65. The van der Waals surface area contributed by atoms with Gasteiger partial charge in [0.2, 0.25) is 0 Å². The molecular formula is C19H22BrFN2O. The van der Waals surface area contributed by atoms with Gasteiger partial charge in [-0.25, -0.2) is 4.39 Å². The van der Waals surface area contributed by atoms with E-state index >= 15 is 0 Å². The lowest BCUT2D eigenvalue weighted by atomic mass is 10.0. The van der Waals surface area contributed by atoms with Crippen molar-refractivity contribution in [2.75, 3.05) is 20.6 Å². The molecule has 0 saturated heterocycles. The molecule has 1 N–H and O–H groups in total. The molecule has 2 aromatic rings. The zero-order valence-electron chi connectivity index (χ0n) is 14.1. The fraction of sp³-hybridized carbons (Fsp3) is 0.316. The van der Waals surface area contributed by atoms with Gasteiger partial charge in [0.25, 0.3) is 5.91 Å². The van der Waals surface area contributed by atoms with Crippen LogP contribution in [-0.2, 0) is 6.42 Å². The number of nitrogens with one attached hydrogen (secondary N) is 1. The van der Waals surface area contributed by atoms with Crippen LogP contribution in [0.5, 0.6) is 0 Å². The summed E-state index contributed by atoms with van der Waals surface area (Å²) in [6.07, 6.45) is 0.992. The maximum atomic E-state index is 13.8. The van der Waals surface area contributed by atoms with Crippen LogP contribution in [-0.4, -0.2) is 31.4 Å². The fourth-order valence-corrected chi connectivity index (χ4v) is 2.89. The summed E-state index contributed by atoms with van der Waals surface area (Å²) in [7, 11) is 3.93. The van der Waals surface area contributed by atoms with E-state index in [0.717, 1.165) is 12.0 Å². The molecule has 0 radical (unpaired) electrons. The highest BCUT2D eigenvalue weighted by Gasteiger charge is 2.17. The van der Waals surface area contributed by atoms with Crippen LogP contribution in [0.1, 0.15) is 34.5 Å². The van der Waals surface area contributed by atoms with Crippen molar-refractivity contribution in [1.82, 2.24) is 10.2 Å². The van der Waals surface area contributed by atoms with Gasteiger partial charge >= 0.3 is 0 Å². The zero-order valence-corrected chi connectivity index (χ0v) is 15.7. The number of nitrogens with zero attached hydrogens (tertiary/aromatic N) is 1. The molecule has 1 atom stereocenters. The first-order valence-corrected chi connectivity index (χ1v) is 8.70. The summed E-state index contributed by atoms with van der Waals surface area (Å²) in [5, 5.41) is 2.83. The Bertz CT molecular complexity index is 701. The van der Waals surface area contributed by atoms with E-state index in [0.29, 0.717) is 11.0 Å². The highest BCUT2D eigenvalue weighted by atomic mass is 79.9. The number of carbonyl (C=O) groups excluding carboxylic acids is 1. The molecule has 2 rings (SSSR count). The number of hydrogen-bond acceptors (Lipinski definition) is 2. The molecule has 0 aromatic heterocycles. The lowest BCUT2D eigenvalue weighted by molar-refractivity contribution is 0.0938. The first-order chi connectivity index (χ1) is 11.4. The Morgan fingerprint density at radius 1 is 1.21 bits per heavy atom. The number of aryl methyl sites for hydroxylation is 1. The molecule has 0 saturated carbocycles. The smallest absolute Gasteiger partial charge is 0.254 e. The second kappa shape index (κ2) is 8.40. The Morgan fingerprint density at radius 3 is 2.46 bits per heavy atom. The van der Waals surface area contributed by atoms with Crippen molar-refractivity contribution in [2.45, 2.75) is 19.4 Å². The number of halogens is 2. The maximum Gasteiger partial charge on any atom is 0.254 e. The van der Waals surface area contributed by atoms with Crippen molar-refractivity contribution in [1.29, 1.82) is 0 Å². The van der Waals surface area contributed by atoms with Crippen LogP contribution in [0.4, 0.5) is 4.39 Å². The van der Waals surface area contributed by atoms with Gasteiger partial charge in [-0.1, -0.05) is 47.1 Å². The van der Waals surface area contributed by atoms with E-state index < -0.39 is 11.7 Å². The Morgan fingerprint density at radius 2 is 1.88 bits per heavy atom. The van der Waals surface area contributed by atoms with Crippen molar-refractivity contribution in [3.63, 3.8) is 0 Å². The molecule has 3 nitrogen and oxygen atoms in total. The predicted molar refractivity (Wildman–Crippen MR) is 98.7 cm³/mol. The predicted octanol–water partition coefficient (Wildman–Crippen LogP) is 4.18. The van der Waals surface area contributed by atoms with Crippen LogP contribution < -0.4 is 5.32 Å². The van der Waals surface area contributed by atoms with Crippen molar-refractivity contribution < 1.29 is 9.18 Å². The van der Waals surface area contributed by atoms with Crippen molar-refractivity contribution >= 4 is 21.8 Å². The monoisotopic (exact) mass is 392 g/mol. The molecule has 0 aliphatic heterocycles. The lowest BCUT2D eigenvalue weighted by Crippen LogP contribution is -2.34. The van der Waals surface area contributed by atoms with Gasteiger partial charge < -0.3 is 10.2 Å². The minimum Gasteiger partial charge on any atom is -0.350 e. The lowest BCUT2D eigenvalue weighted by Gasteiger charge is -2.25. The van der Waals surface area contributed by atoms with Crippen molar-refractivity contribution in [3.05, 3.63) is 69.4 Å². The van der Waals surface area contributed by atoms with Crippen LogP contribution in [0.25, 0.3) is 0 Å². The van der Waals surface area contributed by atoms with Gasteiger partial charge in [0, 0.05) is 11.0 Å². The van der Waals surface area contributed by atoms with Crippen LogP contribution in [0.15, 0.2) is 46.9 Å². The Balaban J connectivity index is 2.10. The summed E-state index contributed by atoms with van der Waals surface area (Å²) in [6.45, 7) is 2.52. The molecule has 1 amide bonds. The van der Waals surface area contributed by atoms with Crippen LogP contribution in [0.2, 0.25) is 0 Å². The van der Waals surface area contributed by atoms with Gasteiger partial charge in [-0.05, 0) is 49.8 Å². The van der Waals surface area contributed by atoms with Gasteiger partial charge in [-0.15, -0.1) is 0 Å². The molecule has 0 aliphatic carbocycles.